The number of hydrogen-bond donors (Lipinski definition) is 2. The average Bonchev–Trinajstić information content (AvgIpc) is 2.66. The zero-order valence-electron chi connectivity index (χ0n) is 14.6. The van der Waals surface area contributed by atoms with E-state index in [1.807, 2.05) is 12.1 Å². The number of aliphatic carboxylic acids is 1. The highest BCUT2D eigenvalue weighted by molar-refractivity contribution is 7.89. The lowest BCUT2D eigenvalue weighted by Gasteiger charge is -2.07. The van der Waals surface area contributed by atoms with Crippen molar-refractivity contribution in [1.29, 1.82) is 0 Å². The zero-order valence-corrected chi connectivity index (χ0v) is 15.4. The molecule has 0 amide bonds. The van der Waals surface area contributed by atoms with Gasteiger partial charge in [0.1, 0.15) is 5.75 Å². The minimum Gasteiger partial charge on any atom is -0.496 e. The summed E-state index contributed by atoms with van der Waals surface area (Å²) in [6.45, 7) is -0.233. The topological polar surface area (TPSA) is 110 Å². The Hall–Kier alpha value is -2.97. The van der Waals surface area contributed by atoms with E-state index in [2.05, 4.69) is 4.72 Å². The van der Waals surface area contributed by atoms with Gasteiger partial charge in [-0.2, -0.15) is 0 Å². The summed E-state index contributed by atoms with van der Waals surface area (Å²) in [4.78, 5) is 22.8. The lowest BCUT2D eigenvalue weighted by atomic mass is 10.1. The molecule has 0 fully saturated rings. The molecule has 7 nitrogen and oxygen atoms in total. The van der Waals surface area contributed by atoms with Gasteiger partial charge in [0.05, 0.1) is 18.4 Å². The number of ketones is 1. The van der Waals surface area contributed by atoms with Gasteiger partial charge in [-0.15, -0.1) is 0 Å². The van der Waals surface area contributed by atoms with Gasteiger partial charge in [0.25, 0.3) is 0 Å². The van der Waals surface area contributed by atoms with Crippen molar-refractivity contribution in [1.82, 2.24) is 4.72 Å². The summed E-state index contributed by atoms with van der Waals surface area (Å²) in [6.07, 6.45) is 2.59. The van der Waals surface area contributed by atoms with Crippen LogP contribution >= 0.6 is 0 Å². The maximum atomic E-state index is 12.4. The van der Waals surface area contributed by atoms with Crippen LogP contribution in [-0.4, -0.2) is 38.9 Å². The summed E-state index contributed by atoms with van der Waals surface area (Å²) in [6, 6.07) is 12.7. The molecule has 0 unspecified atom stereocenters. The molecule has 8 heteroatoms. The van der Waals surface area contributed by atoms with Crippen molar-refractivity contribution in [3.05, 3.63) is 65.7 Å². The van der Waals surface area contributed by atoms with Gasteiger partial charge in [-0.1, -0.05) is 30.3 Å². The molecule has 0 heterocycles. The van der Waals surface area contributed by atoms with E-state index in [9.17, 15) is 18.0 Å². The van der Waals surface area contributed by atoms with E-state index in [0.717, 1.165) is 0 Å². The second-order valence-corrected chi connectivity index (χ2v) is 7.28. The second kappa shape index (κ2) is 9.11. The Morgan fingerprint density at radius 2 is 1.89 bits per heavy atom. The predicted molar refractivity (Wildman–Crippen MR) is 100 cm³/mol. The number of allylic oxidation sites excluding steroid dienone is 1. The van der Waals surface area contributed by atoms with Gasteiger partial charge >= 0.3 is 5.97 Å². The van der Waals surface area contributed by atoms with Crippen LogP contribution in [0.5, 0.6) is 5.75 Å². The van der Waals surface area contributed by atoms with E-state index in [1.165, 1.54) is 37.5 Å². The highest BCUT2D eigenvalue weighted by Crippen LogP contribution is 2.19. The van der Waals surface area contributed by atoms with E-state index < -0.39 is 16.0 Å². The van der Waals surface area contributed by atoms with Gasteiger partial charge in [-0.05, 0) is 30.4 Å². The fourth-order valence-corrected chi connectivity index (χ4v) is 3.34. The molecular weight excluding hydrogens is 370 g/mol. The Morgan fingerprint density at radius 1 is 1.15 bits per heavy atom. The molecule has 0 spiro atoms. The summed E-state index contributed by atoms with van der Waals surface area (Å²) in [7, 11) is -2.37. The van der Waals surface area contributed by atoms with Crippen LogP contribution in [0, 0.1) is 0 Å². The molecule has 142 valence electrons. The molecule has 0 saturated heterocycles. The molecule has 27 heavy (non-hydrogen) atoms. The number of nitrogens with one attached hydrogen (secondary N) is 1. The first-order valence-electron chi connectivity index (χ1n) is 8.00. The Kier molecular flexibility index (Phi) is 6.86. The molecule has 2 N–H and O–H groups in total. The number of para-hydroxylation sites is 1. The minimum atomic E-state index is -3.90. The first-order valence-corrected chi connectivity index (χ1v) is 9.49. The van der Waals surface area contributed by atoms with Crippen LogP contribution in [-0.2, 0) is 14.8 Å². The van der Waals surface area contributed by atoms with Crippen molar-refractivity contribution in [2.45, 2.75) is 11.3 Å². The fourth-order valence-electron chi connectivity index (χ4n) is 2.26. The molecule has 0 saturated carbocycles. The van der Waals surface area contributed by atoms with Crippen LogP contribution < -0.4 is 9.46 Å². The third-order valence-electron chi connectivity index (χ3n) is 3.61. The van der Waals surface area contributed by atoms with Crippen LogP contribution in [0.3, 0.4) is 0 Å². The molecule has 2 aromatic carbocycles. The zero-order chi connectivity index (χ0) is 19.9. The summed E-state index contributed by atoms with van der Waals surface area (Å²) in [5.41, 5.74) is 0.912. The van der Waals surface area contributed by atoms with E-state index in [-0.39, 0.29) is 29.2 Å². The number of sulfonamides is 1. The Bertz CT molecular complexity index is 966. The van der Waals surface area contributed by atoms with Crippen LogP contribution in [0.15, 0.2) is 59.5 Å². The lowest BCUT2D eigenvalue weighted by molar-refractivity contribution is -0.136. The Balaban J connectivity index is 2.17. The smallest absolute Gasteiger partial charge is 0.304 e. The largest absolute Gasteiger partial charge is 0.496 e. The number of carbonyl (C=O) groups is 2. The minimum absolute atomic E-state index is 0.107. The maximum absolute atomic E-state index is 12.4. The van der Waals surface area contributed by atoms with Gasteiger partial charge in [0.2, 0.25) is 10.0 Å². The van der Waals surface area contributed by atoms with Gasteiger partial charge in [0, 0.05) is 17.7 Å². The number of methoxy groups -OCH3 is 1. The van der Waals surface area contributed by atoms with E-state index in [1.54, 1.807) is 18.2 Å². The van der Waals surface area contributed by atoms with Crippen molar-refractivity contribution < 1.29 is 27.9 Å². The number of carboxylic acids is 1. The van der Waals surface area contributed by atoms with Crippen LogP contribution in [0.4, 0.5) is 0 Å². The summed E-state index contributed by atoms with van der Waals surface area (Å²) < 4.78 is 31.8. The van der Waals surface area contributed by atoms with Gasteiger partial charge in [-0.3, -0.25) is 9.59 Å². The lowest BCUT2D eigenvalue weighted by Crippen LogP contribution is -2.26. The number of benzene rings is 2. The van der Waals surface area contributed by atoms with E-state index in [4.69, 9.17) is 9.84 Å². The van der Waals surface area contributed by atoms with Gasteiger partial charge in [-0.25, -0.2) is 13.1 Å². The number of ether oxygens (including phenoxy) is 1. The first-order chi connectivity index (χ1) is 12.8. The van der Waals surface area contributed by atoms with E-state index in [0.29, 0.717) is 11.3 Å². The number of carbonyl (C=O) groups excluding carboxylic acids is 1. The number of rotatable bonds is 9. The first kappa shape index (κ1) is 20.3. The van der Waals surface area contributed by atoms with Crippen molar-refractivity contribution in [2.24, 2.45) is 0 Å². The molecule has 0 radical (unpaired) electrons. The third kappa shape index (κ3) is 5.77. The second-order valence-electron chi connectivity index (χ2n) is 5.51. The van der Waals surface area contributed by atoms with Crippen molar-refractivity contribution in [2.75, 3.05) is 13.7 Å². The molecule has 2 aromatic rings. The summed E-state index contributed by atoms with van der Waals surface area (Å²) in [5.74, 6) is -0.868. The van der Waals surface area contributed by atoms with Crippen LogP contribution in [0.25, 0.3) is 6.08 Å². The van der Waals surface area contributed by atoms with Gasteiger partial charge < -0.3 is 9.84 Å². The molecule has 0 atom stereocenters. The van der Waals surface area contributed by atoms with Gasteiger partial charge in [0.15, 0.2) is 5.78 Å². The quantitative estimate of drug-likeness (QED) is 0.503. The molecule has 0 aromatic heterocycles. The predicted octanol–water partition coefficient (Wildman–Crippen LogP) is 2.34. The third-order valence-corrected chi connectivity index (χ3v) is 5.07. The molecule has 2 rings (SSSR count). The number of hydrogen-bond acceptors (Lipinski definition) is 5. The molecular formula is C19H19NO6S. The van der Waals surface area contributed by atoms with Crippen LogP contribution in [0.1, 0.15) is 22.3 Å². The maximum Gasteiger partial charge on any atom is 0.304 e. The number of carboxylic acid groups (broad SMARTS) is 1. The monoisotopic (exact) mass is 389 g/mol. The molecule has 0 aliphatic carbocycles. The molecule has 0 aliphatic heterocycles. The normalized spacial score (nSPS) is 11.4. The fraction of sp³-hybridized carbons (Fsp3) is 0.158. The van der Waals surface area contributed by atoms with Crippen LogP contribution in [0.2, 0.25) is 0 Å². The molecule has 0 bridgehead atoms. The van der Waals surface area contributed by atoms with Crippen molar-refractivity contribution in [3.63, 3.8) is 0 Å². The Morgan fingerprint density at radius 3 is 2.59 bits per heavy atom. The summed E-state index contributed by atoms with van der Waals surface area (Å²) in [5, 5.41) is 8.59. The SMILES string of the molecule is COc1ccccc1/C=C/C(=O)c1cccc(S(=O)(=O)NCCC(=O)O)c1. The summed E-state index contributed by atoms with van der Waals surface area (Å²) >= 11 is 0. The van der Waals surface area contributed by atoms with Crippen molar-refractivity contribution >= 4 is 27.9 Å². The average molecular weight is 389 g/mol. The standard InChI is InChI=1S/C19H19NO6S/c1-26-18-8-3-2-5-14(18)9-10-17(21)15-6-4-7-16(13-15)27(24,25)20-12-11-19(22)23/h2-10,13,20H,11-12H2,1H3,(H,22,23)/b10-9+. The van der Waals surface area contributed by atoms with E-state index >= 15 is 0 Å². The Labute approximate surface area is 157 Å². The highest BCUT2D eigenvalue weighted by atomic mass is 32.2. The molecule has 0 aliphatic rings. The van der Waals surface area contributed by atoms with Crippen molar-refractivity contribution in [3.8, 4) is 5.75 Å². The highest BCUT2D eigenvalue weighted by Gasteiger charge is 2.15.